The third kappa shape index (κ3) is 3.58. The van der Waals surface area contributed by atoms with Crippen molar-refractivity contribution in [3.05, 3.63) is 0 Å². The van der Waals surface area contributed by atoms with Crippen LogP contribution < -0.4 is 5.73 Å². The summed E-state index contributed by atoms with van der Waals surface area (Å²) in [5.74, 6) is 0. The van der Waals surface area contributed by atoms with Crippen molar-refractivity contribution >= 4 is 0 Å². The van der Waals surface area contributed by atoms with Crippen LogP contribution in [0.15, 0.2) is 0 Å². The van der Waals surface area contributed by atoms with E-state index in [0.29, 0.717) is 12.1 Å². The van der Waals surface area contributed by atoms with Crippen molar-refractivity contribution in [1.82, 2.24) is 4.90 Å². The maximum absolute atomic E-state index is 6.10. The second-order valence-electron chi connectivity index (χ2n) is 4.62. The summed E-state index contributed by atoms with van der Waals surface area (Å²) in [5, 5.41) is 0. The highest BCUT2D eigenvalue weighted by atomic mass is 15.2. The number of hydrogen-bond acceptors (Lipinski definition) is 2. The van der Waals surface area contributed by atoms with Gasteiger partial charge in [-0.1, -0.05) is 26.2 Å². The normalized spacial score (nSPS) is 25.1. The van der Waals surface area contributed by atoms with Crippen LogP contribution in [0.5, 0.6) is 0 Å². The highest BCUT2D eigenvalue weighted by Gasteiger charge is 2.19. The summed E-state index contributed by atoms with van der Waals surface area (Å²) in [6, 6.07) is 0.924. The quantitative estimate of drug-likeness (QED) is 0.754. The number of nitrogens with two attached hydrogens (primary N) is 1. The van der Waals surface area contributed by atoms with Gasteiger partial charge in [-0.15, -0.1) is 0 Å². The molecule has 1 rings (SSSR count). The molecule has 0 spiro atoms. The molecular weight excluding hydrogens is 172 g/mol. The van der Waals surface area contributed by atoms with Gasteiger partial charge < -0.3 is 5.73 Å². The lowest BCUT2D eigenvalue weighted by atomic mass is 10.0. The van der Waals surface area contributed by atoms with E-state index >= 15 is 0 Å². The summed E-state index contributed by atoms with van der Waals surface area (Å²) < 4.78 is 0. The summed E-state index contributed by atoms with van der Waals surface area (Å²) in [5.41, 5.74) is 6.10. The van der Waals surface area contributed by atoms with E-state index in [0.717, 1.165) is 6.42 Å². The van der Waals surface area contributed by atoms with Crippen LogP contribution in [0.3, 0.4) is 0 Å². The lowest BCUT2D eigenvalue weighted by Gasteiger charge is -2.33. The van der Waals surface area contributed by atoms with Crippen LogP contribution >= 0.6 is 0 Å². The SMILES string of the molecule is CCC(N)C(C)N1CCCCCCC1. The second-order valence-corrected chi connectivity index (χ2v) is 4.62. The Bertz CT molecular complexity index is 139. The van der Waals surface area contributed by atoms with Gasteiger partial charge in [0.15, 0.2) is 0 Å². The smallest absolute Gasteiger partial charge is 0.0218 e. The summed E-state index contributed by atoms with van der Waals surface area (Å²) in [6.07, 6.45) is 8.07. The van der Waals surface area contributed by atoms with Gasteiger partial charge in [-0.25, -0.2) is 0 Å². The zero-order chi connectivity index (χ0) is 10.4. The van der Waals surface area contributed by atoms with Gasteiger partial charge in [-0.05, 0) is 39.3 Å². The van der Waals surface area contributed by atoms with Gasteiger partial charge in [0.05, 0.1) is 0 Å². The molecule has 0 aromatic heterocycles. The maximum atomic E-state index is 6.10. The van der Waals surface area contributed by atoms with Gasteiger partial charge >= 0.3 is 0 Å². The topological polar surface area (TPSA) is 29.3 Å². The summed E-state index contributed by atoms with van der Waals surface area (Å²) >= 11 is 0. The zero-order valence-electron chi connectivity index (χ0n) is 9.84. The molecule has 1 fully saturated rings. The van der Waals surface area contributed by atoms with E-state index in [4.69, 9.17) is 5.73 Å². The molecule has 0 aromatic rings. The monoisotopic (exact) mass is 198 g/mol. The van der Waals surface area contributed by atoms with Crippen molar-refractivity contribution in [2.24, 2.45) is 5.73 Å². The Morgan fingerprint density at radius 2 is 1.57 bits per heavy atom. The molecule has 0 saturated carbocycles. The summed E-state index contributed by atoms with van der Waals surface area (Å²) in [4.78, 5) is 2.59. The van der Waals surface area contributed by atoms with Crippen LogP contribution in [0.25, 0.3) is 0 Å². The Morgan fingerprint density at radius 3 is 2.07 bits per heavy atom. The average molecular weight is 198 g/mol. The molecular formula is C12H26N2. The molecule has 0 radical (unpaired) electrons. The molecule has 84 valence electrons. The fraction of sp³-hybridized carbons (Fsp3) is 1.00. The highest BCUT2D eigenvalue weighted by molar-refractivity contribution is 4.78. The largest absolute Gasteiger partial charge is 0.326 e. The van der Waals surface area contributed by atoms with Crippen LogP contribution in [-0.4, -0.2) is 30.1 Å². The molecule has 2 unspecified atom stereocenters. The molecule has 2 nitrogen and oxygen atoms in total. The van der Waals surface area contributed by atoms with Crippen molar-refractivity contribution in [3.8, 4) is 0 Å². The molecule has 2 heteroatoms. The fourth-order valence-corrected chi connectivity index (χ4v) is 2.29. The van der Waals surface area contributed by atoms with Gasteiger partial charge in [0.1, 0.15) is 0 Å². The molecule has 0 aliphatic carbocycles. The van der Waals surface area contributed by atoms with Crippen LogP contribution in [0.4, 0.5) is 0 Å². The third-order valence-electron chi connectivity index (χ3n) is 3.56. The van der Waals surface area contributed by atoms with E-state index in [1.54, 1.807) is 0 Å². The van der Waals surface area contributed by atoms with Gasteiger partial charge in [-0.2, -0.15) is 0 Å². The lowest BCUT2D eigenvalue weighted by molar-refractivity contribution is 0.166. The predicted molar refractivity (Wildman–Crippen MR) is 62.4 cm³/mol. The minimum absolute atomic E-state index is 0.356. The van der Waals surface area contributed by atoms with Crippen LogP contribution in [-0.2, 0) is 0 Å². The second kappa shape index (κ2) is 6.41. The minimum Gasteiger partial charge on any atom is -0.326 e. The van der Waals surface area contributed by atoms with E-state index in [2.05, 4.69) is 18.7 Å². The molecule has 1 saturated heterocycles. The third-order valence-corrected chi connectivity index (χ3v) is 3.56. The number of nitrogens with zero attached hydrogens (tertiary/aromatic N) is 1. The molecule has 2 atom stereocenters. The first-order valence-corrected chi connectivity index (χ1v) is 6.25. The van der Waals surface area contributed by atoms with E-state index in [9.17, 15) is 0 Å². The highest BCUT2D eigenvalue weighted by Crippen LogP contribution is 2.14. The van der Waals surface area contributed by atoms with Crippen molar-refractivity contribution in [2.45, 2.75) is 64.5 Å². The number of rotatable bonds is 3. The van der Waals surface area contributed by atoms with E-state index < -0.39 is 0 Å². The Labute approximate surface area is 88.8 Å². The van der Waals surface area contributed by atoms with E-state index in [-0.39, 0.29) is 0 Å². The Hall–Kier alpha value is -0.0800. The van der Waals surface area contributed by atoms with Gasteiger partial charge in [0.25, 0.3) is 0 Å². The first kappa shape index (κ1) is 12.0. The zero-order valence-corrected chi connectivity index (χ0v) is 9.84. The molecule has 2 N–H and O–H groups in total. The maximum Gasteiger partial charge on any atom is 0.0218 e. The first-order valence-electron chi connectivity index (χ1n) is 6.25. The van der Waals surface area contributed by atoms with Gasteiger partial charge in [0.2, 0.25) is 0 Å². The van der Waals surface area contributed by atoms with Crippen molar-refractivity contribution in [2.75, 3.05) is 13.1 Å². The molecule has 0 aromatic carbocycles. The van der Waals surface area contributed by atoms with Gasteiger partial charge in [0, 0.05) is 12.1 Å². The summed E-state index contributed by atoms with van der Waals surface area (Å²) in [6.45, 7) is 6.99. The number of hydrogen-bond donors (Lipinski definition) is 1. The summed E-state index contributed by atoms with van der Waals surface area (Å²) in [7, 11) is 0. The Kier molecular flexibility index (Phi) is 5.49. The molecule has 0 bridgehead atoms. The van der Waals surface area contributed by atoms with Crippen molar-refractivity contribution < 1.29 is 0 Å². The van der Waals surface area contributed by atoms with Crippen LogP contribution in [0.1, 0.15) is 52.4 Å². The van der Waals surface area contributed by atoms with Crippen molar-refractivity contribution in [3.63, 3.8) is 0 Å². The van der Waals surface area contributed by atoms with Gasteiger partial charge in [-0.3, -0.25) is 4.90 Å². The standard InChI is InChI=1S/C12H26N2/c1-3-12(13)11(2)14-9-7-5-4-6-8-10-14/h11-12H,3-10,13H2,1-2H3. The molecule has 1 heterocycles. The number of likely N-dealkylation sites (tertiary alicyclic amines) is 1. The molecule has 14 heavy (non-hydrogen) atoms. The molecule has 1 aliphatic rings. The average Bonchev–Trinajstić information content (AvgIpc) is 2.15. The van der Waals surface area contributed by atoms with Crippen molar-refractivity contribution in [1.29, 1.82) is 0 Å². The van der Waals surface area contributed by atoms with E-state index in [1.165, 1.54) is 45.2 Å². The molecule has 0 amide bonds. The Morgan fingerprint density at radius 1 is 1.07 bits per heavy atom. The molecule has 1 aliphatic heterocycles. The minimum atomic E-state index is 0.356. The fourth-order valence-electron chi connectivity index (χ4n) is 2.29. The lowest BCUT2D eigenvalue weighted by Crippen LogP contribution is -2.46. The van der Waals surface area contributed by atoms with E-state index in [1.807, 2.05) is 0 Å². The predicted octanol–water partition coefficient (Wildman–Crippen LogP) is 2.38. The Balaban J connectivity index is 2.38. The van der Waals surface area contributed by atoms with Crippen LogP contribution in [0.2, 0.25) is 0 Å². The van der Waals surface area contributed by atoms with Crippen LogP contribution in [0, 0.1) is 0 Å². The first-order chi connectivity index (χ1) is 6.75.